The topological polar surface area (TPSA) is 66.6 Å². The minimum atomic E-state index is -2.76. The maximum absolute atomic E-state index is 13.8. The van der Waals surface area contributed by atoms with Crippen molar-refractivity contribution in [2.75, 3.05) is 31.1 Å². The van der Waals surface area contributed by atoms with Crippen molar-refractivity contribution in [1.82, 2.24) is 24.5 Å². The molecule has 7 nitrogen and oxygen atoms in total. The molecular weight excluding hydrogens is 414 g/mol. The summed E-state index contributed by atoms with van der Waals surface area (Å²) in [7, 11) is 0. The lowest BCUT2D eigenvalue weighted by atomic mass is 10.1. The average Bonchev–Trinajstić information content (AvgIpc) is 3.28. The number of nitrogens with zero attached hydrogens (tertiary/aromatic N) is 6. The lowest BCUT2D eigenvalue weighted by Crippen LogP contribution is -2.49. The second kappa shape index (κ2) is 8.33. The summed E-state index contributed by atoms with van der Waals surface area (Å²) in [6, 6.07) is 16.1. The number of carbonyl (C=O) groups is 1. The SMILES string of the molecule is O=C(c1cnn2c(C(F)F)cc(-c3ccccc3)nc12)N1CCN(c2ccccn2)CC1. The molecule has 5 rings (SSSR count). The minimum Gasteiger partial charge on any atom is -0.353 e. The fraction of sp³-hybridized carbons (Fsp3) is 0.217. The van der Waals surface area contributed by atoms with Crippen LogP contribution in [0, 0.1) is 0 Å². The predicted molar refractivity (Wildman–Crippen MR) is 116 cm³/mol. The zero-order valence-corrected chi connectivity index (χ0v) is 17.1. The Morgan fingerprint density at radius 2 is 1.72 bits per heavy atom. The summed E-state index contributed by atoms with van der Waals surface area (Å²) < 4.78 is 28.6. The lowest BCUT2D eigenvalue weighted by molar-refractivity contribution is 0.0748. The van der Waals surface area contributed by atoms with Crippen LogP contribution in [0.2, 0.25) is 0 Å². The number of halogens is 2. The standard InChI is InChI=1S/C23H20F2N6O/c24-21(25)19-14-18(16-6-2-1-3-7-16)28-22-17(15-27-31(19)22)23(32)30-12-10-29(11-13-30)20-8-4-5-9-26-20/h1-9,14-15,21H,10-13H2. The van der Waals surface area contributed by atoms with Gasteiger partial charge in [0.2, 0.25) is 0 Å². The number of hydrogen-bond acceptors (Lipinski definition) is 5. The number of aromatic nitrogens is 4. The second-order valence-electron chi connectivity index (χ2n) is 7.49. The van der Waals surface area contributed by atoms with Crippen LogP contribution in [0.3, 0.4) is 0 Å². The van der Waals surface area contributed by atoms with Gasteiger partial charge in [-0.05, 0) is 18.2 Å². The molecular formula is C23H20F2N6O. The highest BCUT2D eigenvalue weighted by molar-refractivity contribution is 6.00. The van der Waals surface area contributed by atoms with Crippen LogP contribution in [0.5, 0.6) is 0 Å². The van der Waals surface area contributed by atoms with E-state index in [0.717, 1.165) is 10.3 Å². The fourth-order valence-corrected chi connectivity index (χ4v) is 3.90. The molecule has 0 unspecified atom stereocenters. The summed E-state index contributed by atoms with van der Waals surface area (Å²) in [5.74, 6) is 0.602. The summed E-state index contributed by atoms with van der Waals surface area (Å²) in [4.78, 5) is 26.0. The van der Waals surface area contributed by atoms with Gasteiger partial charge in [0.15, 0.2) is 5.65 Å². The van der Waals surface area contributed by atoms with Gasteiger partial charge in [-0.15, -0.1) is 0 Å². The first kappa shape index (κ1) is 20.0. The number of pyridine rings is 1. The number of fused-ring (bicyclic) bond motifs is 1. The van der Waals surface area contributed by atoms with Crippen LogP contribution >= 0.6 is 0 Å². The van der Waals surface area contributed by atoms with Gasteiger partial charge in [0.1, 0.15) is 17.1 Å². The number of benzene rings is 1. The highest BCUT2D eigenvalue weighted by Gasteiger charge is 2.27. The predicted octanol–water partition coefficient (Wildman–Crippen LogP) is 3.69. The average molecular weight is 434 g/mol. The van der Waals surface area contributed by atoms with E-state index in [1.165, 1.54) is 12.3 Å². The number of amides is 1. The van der Waals surface area contributed by atoms with E-state index in [9.17, 15) is 13.6 Å². The van der Waals surface area contributed by atoms with Gasteiger partial charge in [-0.3, -0.25) is 4.79 Å². The van der Waals surface area contributed by atoms with Crippen LogP contribution in [-0.2, 0) is 0 Å². The lowest BCUT2D eigenvalue weighted by Gasteiger charge is -2.35. The van der Waals surface area contributed by atoms with Gasteiger partial charge in [0, 0.05) is 37.9 Å². The molecule has 4 heterocycles. The van der Waals surface area contributed by atoms with Crippen molar-refractivity contribution >= 4 is 17.4 Å². The van der Waals surface area contributed by atoms with Crippen molar-refractivity contribution in [3.8, 4) is 11.3 Å². The van der Waals surface area contributed by atoms with E-state index < -0.39 is 6.43 Å². The Labute approximate surface area is 182 Å². The molecule has 1 fully saturated rings. The highest BCUT2D eigenvalue weighted by atomic mass is 19.3. The maximum atomic E-state index is 13.8. The molecule has 9 heteroatoms. The van der Waals surface area contributed by atoms with Gasteiger partial charge in [-0.25, -0.2) is 23.3 Å². The van der Waals surface area contributed by atoms with E-state index in [1.54, 1.807) is 23.2 Å². The van der Waals surface area contributed by atoms with Crippen LogP contribution in [0.15, 0.2) is 67.0 Å². The Balaban J connectivity index is 1.45. The van der Waals surface area contributed by atoms with Gasteiger partial charge >= 0.3 is 0 Å². The van der Waals surface area contributed by atoms with Gasteiger partial charge in [-0.1, -0.05) is 36.4 Å². The molecule has 1 saturated heterocycles. The molecule has 0 atom stereocenters. The molecule has 0 saturated carbocycles. The van der Waals surface area contributed by atoms with E-state index in [-0.39, 0.29) is 22.8 Å². The first-order valence-electron chi connectivity index (χ1n) is 10.3. The number of carbonyl (C=O) groups excluding carboxylic acids is 1. The quantitative estimate of drug-likeness (QED) is 0.490. The van der Waals surface area contributed by atoms with Crippen LogP contribution < -0.4 is 4.90 Å². The molecule has 0 bridgehead atoms. The van der Waals surface area contributed by atoms with E-state index >= 15 is 0 Å². The van der Waals surface area contributed by atoms with Gasteiger partial charge < -0.3 is 9.80 Å². The Kier molecular flexibility index (Phi) is 5.22. The third-order valence-electron chi connectivity index (χ3n) is 5.56. The molecule has 1 amide bonds. The molecule has 1 aromatic carbocycles. The Morgan fingerprint density at radius 1 is 0.969 bits per heavy atom. The number of rotatable bonds is 4. The number of hydrogen-bond donors (Lipinski definition) is 0. The largest absolute Gasteiger partial charge is 0.353 e. The van der Waals surface area contributed by atoms with Crippen LogP contribution in [-0.4, -0.2) is 56.6 Å². The molecule has 0 N–H and O–H groups in total. The third kappa shape index (κ3) is 3.66. The number of anilines is 1. The second-order valence-corrected chi connectivity index (χ2v) is 7.49. The first-order chi connectivity index (χ1) is 15.6. The minimum absolute atomic E-state index is 0.138. The molecule has 1 aliphatic rings. The molecule has 4 aromatic rings. The summed E-state index contributed by atoms with van der Waals surface area (Å²) in [6.45, 7) is 2.25. The van der Waals surface area contributed by atoms with Crippen molar-refractivity contribution in [3.63, 3.8) is 0 Å². The monoisotopic (exact) mass is 434 g/mol. The number of alkyl halides is 2. The van der Waals surface area contributed by atoms with E-state index in [4.69, 9.17) is 0 Å². The van der Waals surface area contributed by atoms with E-state index in [2.05, 4.69) is 20.0 Å². The van der Waals surface area contributed by atoms with Gasteiger partial charge in [0.25, 0.3) is 12.3 Å². The van der Waals surface area contributed by atoms with Crippen LogP contribution in [0.1, 0.15) is 22.5 Å². The zero-order valence-electron chi connectivity index (χ0n) is 17.1. The smallest absolute Gasteiger partial charge is 0.280 e. The Morgan fingerprint density at radius 3 is 2.41 bits per heavy atom. The first-order valence-corrected chi connectivity index (χ1v) is 10.3. The normalized spacial score (nSPS) is 14.3. The van der Waals surface area contributed by atoms with Crippen molar-refractivity contribution in [3.05, 3.63) is 78.2 Å². The summed E-state index contributed by atoms with van der Waals surface area (Å²) >= 11 is 0. The molecule has 0 spiro atoms. The third-order valence-corrected chi connectivity index (χ3v) is 5.56. The highest BCUT2D eigenvalue weighted by Crippen LogP contribution is 2.27. The van der Waals surface area contributed by atoms with E-state index in [1.807, 2.05) is 36.4 Å². The van der Waals surface area contributed by atoms with Crippen LogP contribution in [0.4, 0.5) is 14.6 Å². The van der Waals surface area contributed by atoms with Crippen LogP contribution in [0.25, 0.3) is 16.9 Å². The molecule has 32 heavy (non-hydrogen) atoms. The van der Waals surface area contributed by atoms with Gasteiger partial charge in [-0.2, -0.15) is 5.10 Å². The fourth-order valence-electron chi connectivity index (χ4n) is 3.90. The van der Waals surface area contributed by atoms with E-state index in [0.29, 0.717) is 37.4 Å². The van der Waals surface area contributed by atoms with Crippen molar-refractivity contribution in [1.29, 1.82) is 0 Å². The van der Waals surface area contributed by atoms with Crippen molar-refractivity contribution < 1.29 is 13.6 Å². The number of piperazine rings is 1. The Hall–Kier alpha value is -3.88. The molecule has 1 aliphatic heterocycles. The molecule has 0 aliphatic carbocycles. The van der Waals surface area contributed by atoms with Crippen molar-refractivity contribution in [2.24, 2.45) is 0 Å². The van der Waals surface area contributed by atoms with Crippen molar-refractivity contribution in [2.45, 2.75) is 6.43 Å². The maximum Gasteiger partial charge on any atom is 0.280 e. The van der Waals surface area contributed by atoms with Gasteiger partial charge in [0.05, 0.1) is 11.9 Å². The summed E-state index contributed by atoms with van der Waals surface area (Å²) in [6.07, 6.45) is 0.312. The summed E-state index contributed by atoms with van der Waals surface area (Å²) in [5.41, 5.74) is 1.13. The molecule has 162 valence electrons. The molecule has 0 radical (unpaired) electrons. The summed E-state index contributed by atoms with van der Waals surface area (Å²) in [5, 5.41) is 4.06. The molecule has 3 aromatic heterocycles. The Bertz CT molecular complexity index is 1240. The zero-order chi connectivity index (χ0) is 22.1.